The lowest BCUT2D eigenvalue weighted by Crippen LogP contribution is -2.16. The average Bonchev–Trinajstić information content (AvgIpc) is 3.35. The smallest absolute Gasteiger partial charge is 0.307 e. The lowest BCUT2D eigenvalue weighted by molar-refractivity contribution is 0.0929. The minimum atomic E-state index is -0.377. The molecule has 0 saturated heterocycles. The molecule has 0 spiro atoms. The average molecular weight is 407 g/mol. The first-order valence-electron chi connectivity index (χ1n) is 10.1. The fourth-order valence-corrected chi connectivity index (χ4v) is 3.89. The summed E-state index contributed by atoms with van der Waals surface area (Å²) in [5.74, 6) is -0.139. The predicted molar refractivity (Wildman–Crippen MR) is 123 cm³/mol. The Hall–Kier alpha value is -4.12. The number of rotatable bonds is 5. The van der Waals surface area contributed by atoms with Crippen LogP contribution in [0.4, 0.5) is 0 Å². The van der Waals surface area contributed by atoms with Gasteiger partial charge in [-0.3, -0.25) is 4.79 Å². The zero-order valence-electron chi connectivity index (χ0n) is 17.1. The van der Waals surface area contributed by atoms with E-state index in [0.717, 1.165) is 34.1 Å². The van der Waals surface area contributed by atoms with Gasteiger partial charge < -0.3 is 8.98 Å². The molecule has 0 atom stereocenters. The van der Waals surface area contributed by atoms with E-state index in [1.807, 2.05) is 54.6 Å². The molecule has 0 aliphatic heterocycles. The van der Waals surface area contributed by atoms with Gasteiger partial charge in [-0.1, -0.05) is 66.7 Å². The van der Waals surface area contributed by atoms with Gasteiger partial charge in [0.2, 0.25) is 0 Å². The van der Waals surface area contributed by atoms with E-state index in [4.69, 9.17) is 4.42 Å². The second-order valence-electron chi connectivity index (χ2n) is 7.44. The summed E-state index contributed by atoms with van der Waals surface area (Å²) < 4.78 is 7.88. The topological polar surface area (TPSA) is 59.5 Å². The first-order chi connectivity index (χ1) is 15.2. The largest absolute Gasteiger partial charge is 0.451 e. The third-order valence-corrected chi connectivity index (χ3v) is 5.47. The van der Waals surface area contributed by atoms with Gasteiger partial charge in [-0.15, -0.1) is 0 Å². The molecule has 152 valence electrons. The third-order valence-electron chi connectivity index (χ3n) is 5.47. The van der Waals surface area contributed by atoms with E-state index in [1.54, 1.807) is 12.3 Å². The molecule has 5 nitrogen and oxygen atoms in total. The summed E-state index contributed by atoms with van der Waals surface area (Å²) in [6.07, 6.45) is 1.71. The highest BCUT2D eigenvalue weighted by molar-refractivity contribution is 6.02. The second-order valence-corrected chi connectivity index (χ2v) is 7.44. The minimum Gasteiger partial charge on any atom is -0.451 e. The maximum atomic E-state index is 12.5. The van der Waals surface area contributed by atoms with Crippen LogP contribution in [0.1, 0.15) is 27.4 Å². The first-order valence-corrected chi connectivity index (χ1v) is 10.1. The molecule has 5 aromatic rings. The van der Waals surface area contributed by atoms with Crippen LogP contribution in [-0.2, 0) is 6.54 Å². The number of furan rings is 1. The Morgan fingerprint density at radius 2 is 1.74 bits per heavy atom. The number of hydrogen-bond donors (Lipinski definition) is 1. The Balaban J connectivity index is 1.42. The number of carbonyl (C=O) groups excluding carboxylic acids is 1. The van der Waals surface area contributed by atoms with Crippen LogP contribution in [0.2, 0.25) is 0 Å². The molecule has 0 aliphatic carbocycles. The first kappa shape index (κ1) is 18.9. The quantitative estimate of drug-likeness (QED) is 0.309. The third kappa shape index (κ3) is 3.62. The van der Waals surface area contributed by atoms with Crippen molar-refractivity contribution in [3.05, 3.63) is 108 Å². The van der Waals surface area contributed by atoms with Crippen LogP contribution in [0.15, 0.2) is 94.4 Å². The Bertz CT molecular complexity index is 1380. The summed E-state index contributed by atoms with van der Waals surface area (Å²) in [6.45, 7) is 2.84. The van der Waals surface area contributed by atoms with Crippen molar-refractivity contribution in [3.8, 4) is 0 Å². The van der Waals surface area contributed by atoms with Gasteiger partial charge in [0.05, 0.1) is 6.21 Å². The zero-order chi connectivity index (χ0) is 21.2. The van der Waals surface area contributed by atoms with Gasteiger partial charge in [-0.25, -0.2) is 5.43 Å². The maximum Gasteiger partial charge on any atom is 0.307 e. The molecular weight excluding hydrogens is 386 g/mol. The highest BCUT2D eigenvalue weighted by atomic mass is 16.3. The number of hydrogen-bond acceptors (Lipinski definition) is 3. The Morgan fingerprint density at radius 1 is 1.00 bits per heavy atom. The SMILES string of the molecule is Cc1c(/C=N/NC(=O)c2cc3ccccc3o2)c2ccccc2n1Cc1ccccc1. The van der Waals surface area contributed by atoms with Crippen LogP contribution in [-0.4, -0.2) is 16.7 Å². The van der Waals surface area contributed by atoms with Gasteiger partial charge in [0.1, 0.15) is 5.58 Å². The van der Waals surface area contributed by atoms with Crippen molar-refractivity contribution in [1.29, 1.82) is 0 Å². The lowest BCUT2D eigenvalue weighted by Gasteiger charge is -2.08. The molecule has 0 aliphatic rings. The fourth-order valence-electron chi connectivity index (χ4n) is 3.89. The van der Waals surface area contributed by atoms with Gasteiger partial charge in [0.25, 0.3) is 0 Å². The van der Waals surface area contributed by atoms with Crippen LogP contribution in [0.3, 0.4) is 0 Å². The normalized spacial score (nSPS) is 11.5. The van der Waals surface area contributed by atoms with Gasteiger partial charge in [-0.05, 0) is 30.7 Å². The van der Waals surface area contributed by atoms with Crippen molar-refractivity contribution in [1.82, 2.24) is 9.99 Å². The highest BCUT2D eigenvalue weighted by Gasteiger charge is 2.14. The van der Waals surface area contributed by atoms with E-state index in [2.05, 4.69) is 46.3 Å². The summed E-state index contributed by atoms with van der Waals surface area (Å²) in [5, 5.41) is 6.20. The molecule has 31 heavy (non-hydrogen) atoms. The van der Waals surface area contributed by atoms with Crippen LogP contribution in [0.25, 0.3) is 21.9 Å². The summed E-state index contributed by atoms with van der Waals surface area (Å²) >= 11 is 0. The van der Waals surface area contributed by atoms with Crippen molar-refractivity contribution in [2.75, 3.05) is 0 Å². The molecule has 2 heterocycles. The molecule has 0 fully saturated rings. The van der Waals surface area contributed by atoms with Crippen molar-refractivity contribution in [3.63, 3.8) is 0 Å². The number of fused-ring (bicyclic) bond motifs is 2. The van der Waals surface area contributed by atoms with Gasteiger partial charge in [0.15, 0.2) is 5.76 Å². The van der Waals surface area contributed by atoms with Gasteiger partial charge in [0, 0.05) is 34.1 Å². The Morgan fingerprint density at radius 3 is 2.58 bits per heavy atom. The number of carbonyl (C=O) groups is 1. The van der Waals surface area contributed by atoms with Gasteiger partial charge >= 0.3 is 5.91 Å². The van der Waals surface area contributed by atoms with Gasteiger partial charge in [-0.2, -0.15) is 5.10 Å². The number of hydrazone groups is 1. The number of benzene rings is 3. The van der Waals surface area contributed by atoms with E-state index >= 15 is 0 Å². The van der Waals surface area contributed by atoms with Crippen molar-refractivity contribution in [2.24, 2.45) is 5.10 Å². The van der Waals surface area contributed by atoms with Crippen LogP contribution in [0, 0.1) is 6.92 Å². The molecule has 3 aromatic carbocycles. The van der Waals surface area contributed by atoms with Crippen molar-refractivity contribution < 1.29 is 9.21 Å². The summed E-state index contributed by atoms with van der Waals surface area (Å²) in [6, 6.07) is 27.8. The van der Waals surface area contributed by atoms with Crippen LogP contribution >= 0.6 is 0 Å². The molecule has 0 saturated carbocycles. The number of amides is 1. The number of para-hydroxylation sites is 2. The van der Waals surface area contributed by atoms with Crippen molar-refractivity contribution in [2.45, 2.75) is 13.5 Å². The molecule has 5 heteroatoms. The van der Waals surface area contributed by atoms with Crippen LogP contribution in [0.5, 0.6) is 0 Å². The lowest BCUT2D eigenvalue weighted by atomic mass is 10.1. The second kappa shape index (κ2) is 7.95. The fraction of sp³-hybridized carbons (Fsp3) is 0.0769. The Kier molecular flexibility index (Phi) is 4.84. The molecule has 1 amide bonds. The van der Waals surface area contributed by atoms with Crippen molar-refractivity contribution >= 4 is 34.0 Å². The minimum absolute atomic E-state index is 0.238. The van der Waals surface area contributed by atoms with E-state index < -0.39 is 0 Å². The molecule has 5 rings (SSSR count). The summed E-state index contributed by atoms with van der Waals surface area (Å²) in [4.78, 5) is 12.5. The molecule has 0 bridgehead atoms. The van der Waals surface area contributed by atoms with E-state index in [-0.39, 0.29) is 11.7 Å². The summed E-state index contributed by atoms with van der Waals surface area (Å²) in [7, 11) is 0. The summed E-state index contributed by atoms with van der Waals surface area (Å²) in [5.41, 5.74) is 7.70. The number of aromatic nitrogens is 1. The molecule has 0 radical (unpaired) electrons. The molecule has 2 aromatic heterocycles. The molecule has 1 N–H and O–H groups in total. The standard InChI is InChI=1S/C26H21N3O2/c1-18-22(16-27-28-26(30)25-15-20-11-5-8-14-24(20)31-25)21-12-6-7-13-23(21)29(18)17-19-9-3-2-4-10-19/h2-16H,17H2,1H3,(H,28,30)/b27-16+. The highest BCUT2D eigenvalue weighted by Crippen LogP contribution is 2.25. The van der Waals surface area contributed by atoms with E-state index in [0.29, 0.717) is 5.58 Å². The predicted octanol–water partition coefficient (Wildman–Crippen LogP) is 5.51. The maximum absolute atomic E-state index is 12.5. The number of nitrogens with one attached hydrogen (secondary N) is 1. The number of nitrogens with zero attached hydrogens (tertiary/aromatic N) is 2. The molecule has 0 unspecified atom stereocenters. The Labute approximate surface area is 179 Å². The van der Waals surface area contributed by atoms with E-state index in [9.17, 15) is 4.79 Å². The monoisotopic (exact) mass is 407 g/mol. The van der Waals surface area contributed by atoms with Crippen LogP contribution < -0.4 is 5.43 Å². The van der Waals surface area contributed by atoms with E-state index in [1.165, 1.54) is 5.56 Å². The molecular formula is C26H21N3O2. The zero-order valence-corrected chi connectivity index (χ0v) is 17.1.